The molecule has 0 unspecified atom stereocenters. The topological polar surface area (TPSA) is 45.6 Å². The highest BCUT2D eigenvalue weighted by molar-refractivity contribution is 5.21. The molecule has 2 fully saturated rings. The van der Waals surface area contributed by atoms with Crippen LogP contribution in [0.3, 0.4) is 0 Å². The SMILES string of the molecule is COc1cccc([C@H]2CCCN3CCC[C@@H](CO)[C@@H]23)n1. The van der Waals surface area contributed by atoms with E-state index in [0.29, 0.717) is 30.4 Å². The van der Waals surface area contributed by atoms with Crippen LogP contribution in [0.4, 0.5) is 0 Å². The van der Waals surface area contributed by atoms with Gasteiger partial charge in [0.25, 0.3) is 0 Å². The molecule has 1 aromatic rings. The summed E-state index contributed by atoms with van der Waals surface area (Å²) >= 11 is 0. The lowest BCUT2D eigenvalue weighted by Crippen LogP contribution is -2.52. The quantitative estimate of drug-likeness (QED) is 0.917. The number of aliphatic hydroxyl groups is 1. The average Bonchev–Trinajstić information content (AvgIpc) is 2.53. The van der Waals surface area contributed by atoms with Crippen LogP contribution in [0.1, 0.15) is 37.3 Å². The predicted molar refractivity (Wildman–Crippen MR) is 77.9 cm³/mol. The van der Waals surface area contributed by atoms with Gasteiger partial charge in [-0.25, -0.2) is 4.98 Å². The number of aromatic nitrogens is 1. The van der Waals surface area contributed by atoms with Gasteiger partial charge >= 0.3 is 0 Å². The van der Waals surface area contributed by atoms with Crippen LogP contribution in [0.2, 0.25) is 0 Å². The van der Waals surface area contributed by atoms with Crippen molar-refractivity contribution in [3.05, 3.63) is 23.9 Å². The van der Waals surface area contributed by atoms with E-state index in [1.165, 1.54) is 25.9 Å². The molecular formula is C16H24N2O2. The Morgan fingerprint density at radius 3 is 2.85 bits per heavy atom. The highest BCUT2D eigenvalue weighted by Crippen LogP contribution is 2.39. The van der Waals surface area contributed by atoms with E-state index in [0.717, 1.165) is 18.5 Å². The number of hydrogen-bond donors (Lipinski definition) is 1. The Morgan fingerprint density at radius 1 is 1.30 bits per heavy atom. The zero-order valence-electron chi connectivity index (χ0n) is 12.2. The first-order valence-electron chi connectivity index (χ1n) is 7.69. The second-order valence-corrected chi connectivity index (χ2v) is 5.96. The predicted octanol–water partition coefficient (Wildman–Crippen LogP) is 2.04. The maximum atomic E-state index is 9.72. The molecule has 1 N–H and O–H groups in total. The van der Waals surface area contributed by atoms with Gasteiger partial charge in [-0.1, -0.05) is 6.07 Å². The Balaban J connectivity index is 1.89. The number of ether oxygens (including phenoxy) is 1. The molecular weight excluding hydrogens is 252 g/mol. The molecule has 0 spiro atoms. The molecule has 3 heterocycles. The minimum atomic E-state index is 0.293. The molecule has 2 aliphatic heterocycles. The van der Waals surface area contributed by atoms with E-state index in [-0.39, 0.29) is 0 Å². The molecule has 0 bridgehead atoms. The Labute approximate surface area is 120 Å². The number of piperidine rings is 2. The molecule has 20 heavy (non-hydrogen) atoms. The summed E-state index contributed by atoms with van der Waals surface area (Å²) in [5, 5.41) is 9.72. The maximum absolute atomic E-state index is 9.72. The minimum Gasteiger partial charge on any atom is -0.481 e. The molecule has 2 aliphatic rings. The summed E-state index contributed by atoms with van der Waals surface area (Å²) in [5.74, 6) is 1.51. The van der Waals surface area contributed by atoms with Gasteiger partial charge in [0.1, 0.15) is 0 Å². The van der Waals surface area contributed by atoms with Gasteiger partial charge in [0, 0.05) is 30.3 Å². The Kier molecular flexibility index (Phi) is 4.22. The molecule has 0 amide bonds. The largest absolute Gasteiger partial charge is 0.481 e. The molecule has 3 rings (SSSR count). The highest BCUT2D eigenvalue weighted by Gasteiger charge is 2.40. The van der Waals surface area contributed by atoms with E-state index in [2.05, 4.69) is 16.0 Å². The van der Waals surface area contributed by atoms with Gasteiger partial charge in [-0.05, 0) is 50.8 Å². The van der Waals surface area contributed by atoms with Gasteiger partial charge in [0.05, 0.1) is 7.11 Å². The maximum Gasteiger partial charge on any atom is 0.213 e. The lowest BCUT2D eigenvalue weighted by Gasteiger charge is -2.48. The van der Waals surface area contributed by atoms with E-state index in [9.17, 15) is 5.11 Å². The van der Waals surface area contributed by atoms with Crippen molar-refractivity contribution in [2.75, 3.05) is 26.8 Å². The number of methoxy groups -OCH3 is 1. The van der Waals surface area contributed by atoms with Gasteiger partial charge < -0.3 is 9.84 Å². The third-order valence-electron chi connectivity index (χ3n) is 4.87. The first-order valence-corrected chi connectivity index (χ1v) is 7.69. The van der Waals surface area contributed by atoms with Crippen molar-refractivity contribution >= 4 is 0 Å². The van der Waals surface area contributed by atoms with Crippen molar-refractivity contribution < 1.29 is 9.84 Å². The number of fused-ring (bicyclic) bond motifs is 1. The number of aliphatic hydroxyl groups excluding tert-OH is 1. The number of pyridine rings is 1. The van der Waals surface area contributed by atoms with Crippen LogP contribution in [-0.2, 0) is 0 Å². The van der Waals surface area contributed by atoms with Gasteiger partial charge in [-0.15, -0.1) is 0 Å². The molecule has 110 valence electrons. The summed E-state index contributed by atoms with van der Waals surface area (Å²) in [6.45, 7) is 2.63. The fourth-order valence-electron chi connectivity index (χ4n) is 3.98. The Hall–Kier alpha value is -1.13. The van der Waals surface area contributed by atoms with E-state index in [4.69, 9.17) is 4.74 Å². The normalized spacial score (nSPS) is 30.8. The van der Waals surface area contributed by atoms with Crippen LogP contribution in [0.15, 0.2) is 18.2 Å². The van der Waals surface area contributed by atoms with Gasteiger partial charge in [-0.3, -0.25) is 4.90 Å². The molecule has 2 saturated heterocycles. The smallest absolute Gasteiger partial charge is 0.213 e. The summed E-state index contributed by atoms with van der Waals surface area (Å²) in [5.41, 5.74) is 1.12. The summed E-state index contributed by atoms with van der Waals surface area (Å²) in [6.07, 6.45) is 4.73. The van der Waals surface area contributed by atoms with Crippen molar-refractivity contribution in [1.82, 2.24) is 9.88 Å². The number of rotatable bonds is 3. The zero-order chi connectivity index (χ0) is 13.9. The van der Waals surface area contributed by atoms with Crippen molar-refractivity contribution in [3.63, 3.8) is 0 Å². The third kappa shape index (κ3) is 2.54. The zero-order valence-corrected chi connectivity index (χ0v) is 12.2. The molecule has 0 aromatic carbocycles. The van der Waals surface area contributed by atoms with E-state index in [1.807, 2.05) is 12.1 Å². The summed E-state index contributed by atoms with van der Waals surface area (Å²) in [4.78, 5) is 7.21. The molecule has 3 atom stereocenters. The Morgan fingerprint density at radius 2 is 2.10 bits per heavy atom. The average molecular weight is 276 g/mol. The lowest BCUT2D eigenvalue weighted by atomic mass is 9.75. The van der Waals surface area contributed by atoms with E-state index in [1.54, 1.807) is 7.11 Å². The first kappa shape index (κ1) is 13.8. The molecule has 0 radical (unpaired) electrons. The van der Waals surface area contributed by atoms with Gasteiger partial charge in [0.2, 0.25) is 5.88 Å². The first-order chi connectivity index (χ1) is 9.83. The summed E-state index contributed by atoms with van der Waals surface area (Å²) in [7, 11) is 1.66. The van der Waals surface area contributed by atoms with Crippen molar-refractivity contribution in [2.24, 2.45) is 5.92 Å². The minimum absolute atomic E-state index is 0.293. The van der Waals surface area contributed by atoms with Crippen LogP contribution >= 0.6 is 0 Å². The fraction of sp³-hybridized carbons (Fsp3) is 0.688. The highest BCUT2D eigenvalue weighted by atomic mass is 16.5. The van der Waals surface area contributed by atoms with Gasteiger partial charge in [0.15, 0.2) is 0 Å². The summed E-state index contributed by atoms with van der Waals surface area (Å²) < 4.78 is 5.26. The number of hydrogen-bond acceptors (Lipinski definition) is 4. The van der Waals surface area contributed by atoms with Crippen LogP contribution in [0.5, 0.6) is 5.88 Å². The third-order valence-corrected chi connectivity index (χ3v) is 4.87. The molecule has 1 aromatic heterocycles. The van der Waals surface area contributed by atoms with Crippen molar-refractivity contribution in [2.45, 2.75) is 37.6 Å². The van der Waals surface area contributed by atoms with Crippen LogP contribution in [0.25, 0.3) is 0 Å². The van der Waals surface area contributed by atoms with E-state index < -0.39 is 0 Å². The number of nitrogens with zero attached hydrogens (tertiary/aromatic N) is 2. The van der Waals surface area contributed by atoms with Crippen LogP contribution < -0.4 is 4.74 Å². The second kappa shape index (κ2) is 6.10. The van der Waals surface area contributed by atoms with Gasteiger partial charge in [-0.2, -0.15) is 0 Å². The Bertz CT molecular complexity index is 443. The molecule has 0 aliphatic carbocycles. The summed E-state index contributed by atoms with van der Waals surface area (Å²) in [6, 6.07) is 6.48. The van der Waals surface area contributed by atoms with Crippen molar-refractivity contribution in [3.8, 4) is 5.88 Å². The monoisotopic (exact) mass is 276 g/mol. The second-order valence-electron chi connectivity index (χ2n) is 5.96. The van der Waals surface area contributed by atoms with E-state index >= 15 is 0 Å². The fourth-order valence-corrected chi connectivity index (χ4v) is 3.98. The lowest BCUT2D eigenvalue weighted by molar-refractivity contribution is 0.0159. The standard InChI is InChI=1S/C16H24N2O2/c1-20-15-8-2-7-14(17-15)13-6-4-10-18-9-3-5-12(11-19)16(13)18/h2,7-8,12-13,16,19H,3-6,9-11H2,1H3/t12-,13+,16-/m0/s1. The molecule has 4 heteroatoms. The molecule has 4 nitrogen and oxygen atoms in total. The van der Waals surface area contributed by atoms with Crippen molar-refractivity contribution in [1.29, 1.82) is 0 Å². The molecule has 0 saturated carbocycles. The van der Waals surface area contributed by atoms with Crippen LogP contribution in [0, 0.1) is 5.92 Å². The van der Waals surface area contributed by atoms with Crippen LogP contribution in [-0.4, -0.2) is 47.8 Å².